The Labute approximate surface area is 162 Å². The Morgan fingerprint density at radius 2 is 1.75 bits per heavy atom. The first-order valence-corrected chi connectivity index (χ1v) is 9.13. The van der Waals surface area contributed by atoms with E-state index in [9.17, 15) is 4.39 Å². The van der Waals surface area contributed by atoms with Crippen molar-refractivity contribution in [3.05, 3.63) is 84.1 Å². The number of hydrogen-bond donors (Lipinski definition) is 2. The van der Waals surface area contributed by atoms with E-state index >= 15 is 0 Å². The van der Waals surface area contributed by atoms with Crippen LogP contribution in [0.25, 0.3) is 10.9 Å². The molecule has 0 saturated carbocycles. The lowest BCUT2D eigenvalue weighted by Crippen LogP contribution is -2.09. The number of halogens is 1. The Morgan fingerprint density at radius 1 is 0.929 bits per heavy atom. The number of nitrogens with one attached hydrogen (secondary N) is 2. The summed E-state index contributed by atoms with van der Waals surface area (Å²) in [5.41, 5.74) is 2.45. The van der Waals surface area contributed by atoms with Crippen molar-refractivity contribution in [2.45, 2.75) is 13.3 Å². The van der Waals surface area contributed by atoms with Gasteiger partial charge in [0.05, 0.1) is 11.2 Å². The molecule has 2 aromatic heterocycles. The second-order valence-corrected chi connectivity index (χ2v) is 6.46. The molecule has 6 heteroatoms. The van der Waals surface area contributed by atoms with E-state index in [0.717, 1.165) is 16.6 Å². The number of aromatic nitrogens is 3. The van der Waals surface area contributed by atoms with Crippen molar-refractivity contribution in [1.82, 2.24) is 15.0 Å². The van der Waals surface area contributed by atoms with Crippen LogP contribution in [0.4, 0.5) is 21.7 Å². The van der Waals surface area contributed by atoms with Crippen molar-refractivity contribution in [2.75, 3.05) is 17.2 Å². The van der Waals surface area contributed by atoms with Crippen LogP contribution in [0.2, 0.25) is 0 Å². The molecule has 0 aliphatic rings. The van der Waals surface area contributed by atoms with Crippen LogP contribution >= 0.6 is 0 Å². The average Bonchev–Trinajstić information content (AvgIpc) is 2.69. The molecule has 0 spiro atoms. The summed E-state index contributed by atoms with van der Waals surface area (Å²) in [5.74, 6) is 1.83. The molecule has 0 unspecified atom stereocenters. The van der Waals surface area contributed by atoms with Crippen molar-refractivity contribution >= 4 is 28.2 Å². The van der Waals surface area contributed by atoms with Gasteiger partial charge in [0.15, 0.2) is 0 Å². The third kappa shape index (κ3) is 4.06. The van der Waals surface area contributed by atoms with Crippen LogP contribution in [0, 0.1) is 12.7 Å². The van der Waals surface area contributed by atoms with E-state index in [-0.39, 0.29) is 5.82 Å². The maximum absolute atomic E-state index is 13.7. The van der Waals surface area contributed by atoms with Gasteiger partial charge in [-0.25, -0.2) is 14.4 Å². The molecule has 0 bridgehead atoms. The summed E-state index contributed by atoms with van der Waals surface area (Å²) in [4.78, 5) is 13.3. The van der Waals surface area contributed by atoms with Gasteiger partial charge >= 0.3 is 0 Å². The molecule has 2 aromatic carbocycles. The first kappa shape index (κ1) is 17.9. The van der Waals surface area contributed by atoms with Crippen molar-refractivity contribution in [3.63, 3.8) is 0 Å². The summed E-state index contributed by atoms with van der Waals surface area (Å²) in [6.45, 7) is 2.42. The van der Waals surface area contributed by atoms with Crippen molar-refractivity contribution < 1.29 is 4.39 Å². The maximum Gasteiger partial charge on any atom is 0.136 e. The number of para-hydroxylation sites is 1. The Balaban J connectivity index is 1.50. The minimum absolute atomic E-state index is 0.186. The highest BCUT2D eigenvalue weighted by atomic mass is 19.1. The summed E-state index contributed by atoms with van der Waals surface area (Å²) in [5, 5.41) is 7.64. The van der Waals surface area contributed by atoms with Crippen LogP contribution in [0.3, 0.4) is 0 Å². The molecule has 5 nitrogen and oxygen atoms in total. The zero-order valence-electron chi connectivity index (χ0n) is 15.5. The standard InChI is InChI=1S/C22H20FN5/c1-15-26-20(24-13-11-16-6-2-3-9-18(16)23)14-21(27-15)28-19-10-4-7-17-8-5-12-25-22(17)19/h2-10,12,14H,11,13H2,1H3,(H2,24,26,27,28). The van der Waals surface area contributed by atoms with Crippen LogP contribution in [0.1, 0.15) is 11.4 Å². The fraction of sp³-hybridized carbons (Fsp3) is 0.136. The second-order valence-electron chi connectivity index (χ2n) is 6.46. The summed E-state index contributed by atoms with van der Waals surface area (Å²) >= 11 is 0. The number of aryl methyl sites for hydroxylation is 1. The maximum atomic E-state index is 13.7. The fourth-order valence-corrected chi connectivity index (χ4v) is 3.09. The number of anilines is 3. The van der Waals surface area contributed by atoms with E-state index < -0.39 is 0 Å². The Morgan fingerprint density at radius 3 is 2.64 bits per heavy atom. The molecule has 140 valence electrons. The van der Waals surface area contributed by atoms with Gasteiger partial charge in [-0.3, -0.25) is 4.98 Å². The van der Waals surface area contributed by atoms with Crippen molar-refractivity contribution in [3.8, 4) is 0 Å². The van der Waals surface area contributed by atoms with Gasteiger partial charge in [0.2, 0.25) is 0 Å². The number of rotatable bonds is 6. The largest absolute Gasteiger partial charge is 0.370 e. The topological polar surface area (TPSA) is 62.7 Å². The molecule has 0 aliphatic carbocycles. The zero-order valence-corrected chi connectivity index (χ0v) is 15.5. The molecule has 28 heavy (non-hydrogen) atoms. The van der Waals surface area contributed by atoms with Crippen LogP contribution < -0.4 is 10.6 Å². The molecule has 0 fully saturated rings. The zero-order chi connectivity index (χ0) is 19.3. The number of hydrogen-bond acceptors (Lipinski definition) is 5. The van der Waals surface area contributed by atoms with Gasteiger partial charge in [0, 0.05) is 24.2 Å². The molecule has 2 heterocycles. The van der Waals surface area contributed by atoms with Crippen LogP contribution in [0.5, 0.6) is 0 Å². The van der Waals surface area contributed by atoms with Gasteiger partial charge in [0.25, 0.3) is 0 Å². The molecule has 0 saturated heterocycles. The molecular weight excluding hydrogens is 353 g/mol. The minimum Gasteiger partial charge on any atom is -0.370 e. The van der Waals surface area contributed by atoms with E-state index in [1.165, 1.54) is 6.07 Å². The highest BCUT2D eigenvalue weighted by Gasteiger charge is 2.06. The third-order valence-electron chi connectivity index (χ3n) is 4.39. The Bertz CT molecular complexity index is 1110. The first-order chi connectivity index (χ1) is 13.7. The molecule has 0 amide bonds. The number of pyridine rings is 1. The van der Waals surface area contributed by atoms with E-state index in [1.807, 2.05) is 49.4 Å². The molecule has 2 N–H and O–H groups in total. The molecular formula is C22H20FN5. The molecule has 0 aliphatic heterocycles. The predicted molar refractivity (Wildman–Crippen MR) is 110 cm³/mol. The first-order valence-electron chi connectivity index (χ1n) is 9.13. The lowest BCUT2D eigenvalue weighted by molar-refractivity contribution is 0.610. The fourth-order valence-electron chi connectivity index (χ4n) is 3.09. The van der Waals surface area contributed by atoms with Gasteiger partial charge < -0.3 is 10.6 Å². The average molecular weight is 373 g/mol. The molecule has 0 atom stereocenters. The summed E-state index contributed by atoms with van der Waals surface area (Å²) in [6.07, 6.45) is 2.35. The molecule has 4 rings (SSSR count). The minimum atomic E-state index is -0.186. The number of fused-ring (bicyclic) bond motifs is 1. The van der Waals surface area contributed by atoms with E-state index in [2.05, 4.69) is 25.6 Å². The van der Waals surface area contributed by atoms with Crippen LogP contribution in [0.15, 0.2) is 66.9 Å². The second kappa shape index (κ2) is 8.00. The van der Waals surface area contributed by atoms with Gasteiger partial charge in [-0.15, -0.1) is 0 Å². The van der Waals surface area contributed by atoms with Gasteiger partial charge in [-0.05, 0) is 37.1 Å². The van der Waals surface area contributed by atoms with E-state index in [4.69, 9.17) is 0 Å². The van der Waals surface area contributed by atoms with Gasteiger partial charge in [0.1, 0.15) is 23.3 Å². The normalized spacial score (nSPS) is 10.8. The van der Waals surface area contributed by atoms with Gasteiger partial charge in [-0.2, -0.15) is 0 Å². The van der Waals surface area contributed by atoms with E-state index in [0.29, 0.717) is 36.0 Å². The van der Waals surface area contributed by atoms with Gasteiger partial charge in [-0.1, -0.05) is 36.4 Å². The summed E-state index contributed by atoms with van der Waals surface area (Å²) in [7, 11) is 0. The highest BCUT2D eigenvalue weighted by Crippen LogP contribution is 2.24. The predicted octanol–water partition coefficient (Wildman–Crippen LogP) is 4.87. The van der Waals surface area contributed by atoms with Crippen molar-refractivity contribution in [2.24, 2.45) is 0 Å². The van der Waals surface area contributed by atoms with Crippen molar-refractivity contribution in [1.29, 1.82) is 0 Å². The Kier molecular flexibility index (Phi) is 5.10. The van der Waals surface area contributed by atoms with E-state index in [1.54, 1.807) is 18.3 Å². The summed E-state index contributed by atoms with van der Waals surface area (Å²) < 4.78 is 13.7. The summed E-state index contributed by atoms with van der Waals surface area (Å²) in [6, 6.07) is 18.6. The van der Waals surface area contributed by atoms with Crippen LogP contribution in [-0.2, 0) is 6.42 Å². The highest BCUT2D eigenvalue weighted by molar-refractivity contribution is 5.91. The lowest BCUT2D eigenvalue weighted by Gasteiger charge is -2.11. The third-order valence-corrected chi connectivity index (χ3v) is 4.39. The number of benzene rings is 2. The quantitative estimate of drug-likeness (QED) is 0.505. The van der Waals surface area contributed by atoms with Crippen LogP contribution in [-0.4, -0.2) is 21.5 Å². The monoisotopic (exact) mass is 373 g/mol. The number of nitrogens with zero attached hydrogens (tertiary/aromatic N) is 3. The smallest absolute Gasteiger partial charge is 0.136 e. The molecule has 0 radical (unpaired) electrons. The lowest BCUT2D eigenvalue weighted by atomic mass is 10.1. The Hall–Kier alpha value is -3.54. The molecule has 4 aromatic rings. The SMILES string of the molecule is Cc1nc(NCCc2ccccc2F)cc(Nc2cccc3cccnc23)n1.